The van der Waals surface area contributed by atoms with Gasteiger partial charge in [-0.1, -0.05) is 0 Å². The molecule has 29 heavy (non-hydrogen) atoms. The number of hydrogen-bond donors (Lipinski definition) is 1. The molecule has 1 fully saturated rings. The Hall–Kier alpha value is -2.93. The van der Waals surface area contributed by atoms with Gasteiger partial charge >= 0.3 is 0 Å². The first-order chi connectivity index (χ1) is 14.2. The first kappa shape index (κ1) is 18.1. The van der Waals surface area contributed by atoms with Crippen LogP contribution in [0.25, 0.3) is 11.3 Å². The Bertz CT molecular complexity index is 1030. The van der Waals surface area contributed by atoms with E-state index in [4.69, 9.17) is 14.3 Å². The molecule has 1 aliphatic heterocycles. The molecular formula is C22H24N4O3. The van der Waals surface area contributed by atoms with Crippen LogP contribution >= 0.6 is 0 Å². The number of nitrogens with one attached hydrogen (secondary N) is 1. The minimum atomic E-state index is -0.176. The number of ether oxygens (including phenoxy) is 1. The van der Waals surface area contributed by atoms with E-state index in [9.17, 15) is 4.79 Å². The lowest BCUT2D eigenvalue weighted by molar-refractivity contribution is 0.0833. The maximum atomic E-state index is 12.7. The van der Waals surface area contributed by atoms with Gasteiger partial charge in [0.05, 0.1) is 18.3 Å². The van der Waals surface area contributed by atoms with Crippen LogP contribution in [0.3, 0.4) is 0 Å². The summed E-state index contributed by atoms with van der Waals surface area (Å²) in [4.78, 5) is 16.8. The van der Waals surface area contributed by atoms with Crippen molar-refractivity contribution in [3.63, 3.8) is 0 Å². The zero-order valence-corrected chi connectivity index (χ0v) is 16.5. The number of carbonyl (C=O) groups excluding carboxylic acids is 1. The van der Waals surface area contributed by atoms with Crippen molar-refractivity contribution in [2.45, 2.75) is 45.3 Å². The summed E-state index contributed by atoms with van der Waals surface area (Å²) in [6.07, 6.45) is 9.48. The summed E-state index contributed by atoms with van der Waals surface area (Å²) in [6.45, 7) is 3.94. The van der Waals surface area contributed by atoms with Gasteiger partial charge in [0, 0.05) is 49.3 Å². The van der Waals surface area contributed by atoms with E-state index in [0.717, 1.165) is 60.4 Å². The molecule has 4 heterocycles. The second kappa shape index (κ2) is 7.48. The maximum Gasteiger partial charge on any atom is 0.287 e. The van der Waals surface area contributed by atoms with Gasteiger partial charge in [0.2, 0.25) is 0 Å². The molecule has 0 unspecified atom stereocenters. The Morgan fingerprint density at radius 3 is 2.97 bits per heavy atom. The molecule has 0 saturated carbocycles. The molecule has 7 heteroatoms. The number of fused-ring (bicyclic) bond motifs is 3. The number of furan rings is 1. The summed E-state index contributed by atoms with van der Waals surface area (Å²) in [5, 5.41) is 7.78. The molecule has 1 aliphatic carbocycles. The third-order valence-corrected chi connectivity index (χ3v) is 5.73. The lowest BCUT2D eigenvalue weighted by Crippen LogP contribution is -2.31. The fraction of sp³-hybridized carbons (Fsp3) is 0.409. The number of aryl methyl sites for hydroxylation is 2. The fourth-order valence-electron chi connectivity index (χ4n) is 4.23. The van der Waals surface area contributed by atoms with E-state index in [1.165, 1.54) is 5.56 Å². The summed E-state index contributed by atoms with van der Waals surface area (Å²) in [7, 11) is 0. The zero-order valence-electron chi connectivity index (χ0n) is 16.5. The van der Waals surface area contributed by atoms with Gasteiger partial charge in [-0.05, 0) is 49.4 Å². The highest BCUT2D eigenvalue weighted by molar-refractivity contribution is 5.95. The molecule has 3 aromatic heterocycles. The smallest absolute Gasteiger partial charge is 0.287 e. The molecule has 0 bridgehead atoms. The van der Waals surface area contributed by atoms with Crippen LogP contribution in [0, 0.1) is 6.92 Å². The summed E-state index contributed by atoms with van der Waals surface area (Å²) >= 11 is 0. The molecule has 0 radical (unpaired) electrons. The predicted molar refractivity (Wildman–Crippen MR) is 107 cm³/mol. The van der Waals surface area contributed by atoms with E-state index >= 15 is 0 Å². The predicted octanol–water partition coefficient (Wildman–Crippen LogP) is 2.90. The SMILES string of the molecule is Cc1c(C(=O)NC[C@@H]2CCCO2)oc2c1-c1nn(Cc3ccncc3)cc1CC2. The van der Waals surface area contributed by atoms with Crippen molar-refractivity contribution < 1.29 is 13.9 Å². The van der Waals surface area contributed by atoms with Gasteiger partial charge in [-0.25, -0.2) is 0 Å². The highest BCUT2D eigenvalue weighted by Crippen LogP contribution is 2.38. The Morgan fingerprint density at radius 2 is 2.17 bits per heavy atom. The van der Waals surface area contributed by atoms with Gasteiger partial charge in [-0.3, -0.25) is 14.5 Å². The van der Waals surface area contributed by atoms with Crippen LogP contribution in [0.2, 0.25) is 0 Å². The standard InChI is InChI=1S/C22H24N4O3/c1-14-19-18(29-21(14)22(27)24-11-17-3-2-10-28-17)5-4-16-13-26(25-20(16)19)12-15-6-8-23-9-7-15/h6-9,13,17H,2-5,10-12H2,1H3,(H,24,27)/t17-/m0/s1. The summed E-state index contributed by atoms with van der Waals surface area (Å²) in [6, 6.07) is 3.98. The lowest BCUT2D eigenvalue weighted by atomic mass is 9.93. The van der Waals surface area contributed by atoms with Gasteiger partial charge in [0.1, 0.15) is 5.76 Å². The highest BCUT2D eigenvalue weighted by Gasteiger charge is 2.30. The number of pyridine rings is 1. The molecule has 3 aromatic rings. The van der Waals surface area contributed by atoms with E-state index in [-0.39, 0.29) is 12.0 Å². The number of rotatable bonds is 5. The van der Waals surface area contributed by atoms with E-state index in [1.54, 1.807) is 12.4 Å². The fourth-order valence-corrected chi connectivity index (χ4v) is 4.23. The monoisotopic (exact) mass is 392 g/mol. The van der Waals surface area contributed by atoms with Gasteiger partial charge in [0.25, 0.3) is 5.91 Å². The Kier molecular flexibility index (Phi) is 4.67. The number of amides is 1. The summed E-state index contributed by atoms with van der Waals surface area (Å²) < 4.78 is 13.5. The van der Waals surface area contributed by atoms with E-state index in [2.05, 4.69) is 16.5 Å². The molecule has 2 aliphatic rings. The zero-order chi connectivity index (χ0) is 19.8. The molecule has 1 saturated heterocycles. The summed E-state index contributed by atoms with van der Waals surface area (Å²) in [5.74, 6) is 1.07. The molecule has 1 amide bonds. The average molecular weight is 392 g/mol. The van der Waals surface area contributed by atoms with Crippen molar-refractivity contribution in [2.24, 2.45) is 0 Å². The Balaban J connectivity index is 1.38. The average Bonchev–Trinajstić information content (AvgIpc) is 3.45. The van der Waals surface area contributed by atoms with Gasteiger partial charge in [0.15, 0.2) is 5.76 Å². The van der Waals surface area contributed by atoms with Crippen LogP contribution in [-0.4, -0.2) is 39.9 Å². The van der Waals surface area contributed by atoms with Crippen LogP contribution in [0.4, 0.5) is 0 Å². The van der Waals surface area contributed by atoms with Crippen molar-refractivity contribution in [1.82, 2.24) is 20.1 Å². The molecule has 1 N–H and O–H groups in total. The van der Waals surface area contributed by atoms with Crippen molar-refractivity contribution in [2.75, 3.05) is 13.2 Å². The van der Waals surface area contributed by atoms with Gasteiger partial charge < -0.3 is 14.5 Å². The van der Waals surface area contributed by atoms with Crippen molar-refractivity contribution in [3.8, 4) is 11.3 Å². The Labute approximate surface area is 169 Å². The first-order valence-corrected chi connectivity index (χ1v) is 10.2. The highest BCUT2D eigenvalue weighted by atomic mass is 16.5. The summed E-state index contributed by atoms with van der Waals surface area (Å²) in [5.41, 5.74) is 5.11. The van der Waals surface area contributed by atoms with E-state index < -0.39 is 0 Å². The third-order valence-electron chi connectivity index (χ3n) is 5.73. The molecule has 150 valence electrons. The lowest BCUT2D eigenvalue weighted by Gasteiger charge is -2.10. The Morgan fingerprint density at radius 1 is 1.31 bits per heavy atom. The quantitative estimate of drug-likeness (QED) is 0.722. The van der Waals surface area contributed by atoms with E-state index in [0.29, 0.717) is 18.8 Å². The minimum absolute atomic E-state index is 0.110. The molecule has 7 nitrogen and oxygen atoms in total. The van der Waals surface area contributed by atoms with Crippen molar-refractivity contribution in [1.29, 1.82) is 0 Å². The number of aromatic nitrogens is 3. The van der Waals surface area contributed by atoms with Crippen LogP contribution in [0.5, 0.6) is 0 Å². The van der Waals surface area contributed by atoms with Gasteiger partial charge in [-0.2, -0.15) is 5.10 Å². The number of carbonyl (C=O) groups is 1. The van der Waals surface area contributed by atoms with Crippen LogP contribution in [-0.2, 0) is 24.1 Å². The van der Waals surface area contributed by atoms with Crippen LogP contribution < -0.4 is 5.32 Å². The van der Waals surface area contributed by atoms with Crippen LogP contribution in [0.15, 0.2) is 35.1 Å². The topological polar surface area (TPSA) is 82.2 Å². The van der Waals surface area contributed by atoms with Crippen LogP contribution in [0.1, 0.15) is 45.8 Å². The molecule has 0 aromatic carbocycles. The molecule has 1 atom stereocenters. The molecule has 0 spiro atoms. The molecular weight excluding hydrogens is 368 g/mol. The largest absolute Gasteiger partial charge is 0.455 e. The third kappa shape index (κ3) is 3.46. The number of nitrogens with zero attached hydrogens (tertiary/aromatic N) is 3. The first-order valence-electron chi connectivity index (χ1n) is 10.2. The number of hydrogen-bond acceptors (Lipinski definition) is 5. The van der Waals surface area contributed by atoms with Gasteiger partial charge in [-0.15, -0.1) is 0 Å². The maximum absolute atomic E-state index is 12.7. The minimum Gasteiger partial charge on any atom is -0.455 e. The van der Waals surface area contributed by atoms with Crippen molar-refractivity contribution >= 4 is 5.91 Å². The second-order valence-electron chi connectivity index (χ2n) is 7.76. The van der Waals surface area contributed by atoms with Crippen molar-refractivity contribution in [3.05, 3.63) is 58.9 Å². The normalized spacial score (nSPS) is 17.8. The molecule has 5 rings (SSSR count). The van der Waals surface area contributed by atoms with E-state index in [1.807, 2.05) is 23.7 Å². The second-order valence-corrected chi connectivity index (χ2v) is 7.76.